The molecule has 0 spiro atoms. The molecule has 1 fully saturated rings. The zero-order chi connectivity index (χ0) is 14.7. The molecule has 1 aliphatic rings. The molecule has 20 heavy (non-hydrogen) atoms. The van der Waals surface area contributed by atoms with E-state index in [1.165, 1.54) is 19.1 Å². The highest BCUT2D eigenvalue weighted by Crippen LogP contribution is 2.25. The third-order valence-electron chi connectivity index (χ3n) is 3.47. The van der Waals surface area contributed by atoms with E-state index in [0.29, 0.717) is 31.7 Å². The fourth-order valence-electron chi connectivity index (χ4n) is 2.24. The van der Waals surface area contributed by atoms with Crippen LogP contribution in [0, 0.1) is 0 Å². The molecule has 1 aliphatic heterocycles. The van der Waals surface area contributed by atoms with Crippen molar-refractivity contribution in [3.05, 3.63) is 23.8 Å². The molecule has 1 aromatic rings. The molecule has 0 aromatic heterocycles. The average molecular weight is 278 g/mol. The zero-order valence-corrected chi connectivity index (χ0v) is 11.4. The number of phenols is 2. The molecular formula is C14H18N2O4. The number of carbonyl (C=O) groups is 2. The van der Waals surface area contributed by atoms with Crippen LogP contribution in [-0.2, 0) is 16.0 Å². The normalized spacial score (nSPS) is 15.2. The number of aromatic hydroxyl groups is 2. The van der Waals surface area contributed by atoms with Crippen molar-refractivity contribution in [1.29, 1.82) is 0 Å². The number of carbonyl (C=O) groups excluding carboxylic acids is 2. The van der Waals surface area contributed by atoms with Crippen LogP contribution in [0.15, 0.2) is 18.2 Å². The fraction of sp³-hybridized carbons (Fsp3) is 0.429. The molecule has 0 saturated carbocycles. The lowest BCUT2D eigenvalue weighted by atomic mass is 10.1. The van der Waals surface area contributed by atoms with Crippen molar-refractivity contribution in [3.63, 3.8) is 0 Å². The minimum Gasteiger partial charge on any atom is -0.504 e. The summed E-state index contributed by atoms with van der Waals surface area (Å²) in [4.78, 5) is 26.8. The van der Waals surface area contributed by atoms with E-state index in [1.807, 2.05) is 0 Å². The molecule has 0 bridgehead atoms. The Hall–Kier alpha value is -2.24. The highest BCUT2D eigenvalue weighted by Gasteiger charge is 2.22. The van der Waals surface area contributed by atoms with Gasteiger partial charge in [0.05, 0.1) is 6.42 Å². The number of hydrogen-bond acceptors (Lipinski definition) is 4. The van der Waals surface area contributed by atoms with Gasteiger partial charge in [-0.2, -0.15) is 0 Å². The van der Waals surface area contributed by atoms with E-state index in [2.05, 4.69) is 0 Å². The smallest absolute Gasteiger partial charge is 0.227 e. The standard InChI is InChI=1S/C14H18N2O4/c1-10(17)15-4-6-16(7-5-15)14(20)9-11-2-3-12(18)13(19)8-11/h2-3,8,18-19H,4-7,9H2,1H3. The first-order chi connectivity index (χ1) is 9.47. The van der Waals surface area contributed by atoms with Crippen LogP contribution in [0.3, 0.4) is 0 Å². The molecule has 1 saturated heterocycles. The number of nitrogens with zero attached hydrogens (tertiary/aromatic N) is 2. The Morgan fingerprint density at radius 3 is 2.20 bits per heavy atom. The number of piperazine rings is 1. The van der Waals surface area contributed by atoms with Gasteiger partial charge in [0.15, 0.2) is 11.5 Å². The average Bonchev–Trinajstić information content (AvgIpc) is 2.43. The maximum atomic E-state index is 12.1. The van der Waals surface area contributed by atoms with Crippen LogP contribution in [-0.4, -0.2) is 58.0 Å². The predicted molar refractivity (Wildman–Crippen MR) is 72.3 cm³/mol. The quantitative estimate of drug-likeness (QED) is 0.764. The third kappa shape index (κ3) is 3.20. The minimum atomic E-state index is -0.225. The van der Waals surface area contributed by atoms with Crippen LogP contribution in [0.2, 0.25) is 0 Å². The SMILES string of the molecule is CC(=O)N1CCN(C(=O)Cc2ccc(O)c(O)c2)CC1. The number of rotatable bonds is 2. The third-order valence-corrected chi connectivity index (χ3v) is 3.47. The van der Waals surface area contributed by atoms with E-state index in [9.17, 15) is 19.8 Å². The van der Waals surface area contributed by atoms with Gasteiger partial charge in [-0.3, -0.25) is 9.59 Å². The van der Waals surface area contributed by atoms with Crippen LogP contribution in [0.5, 0.6) is 11.5 Å². The molecule has 2 rings (SSSR count). The van der Waals surface area contributed by atoms with Crippen molar-refractivity contribution < 1.29 is 19.8 Å². The first-order valence-electron chi connectivity index (χ1n) is 6.51. The van der Waals surface area contributed by atoms with Crippen LogP contribution < -0.4 is 0 Å². The van der Waals surface area contributed by atoms with Crippen molar-refractivity contribution >= 4 is 11.8 Å². The Bertz CT molecular complexity index is 522. The van der Waals surface area contributed by atoms with Crippen LogP contribution in [0.25, 0.3) is 0 Å². The first-order valence-corrected chi connectivity index (χ1v) is 6.51. The van der Waals surface area contributed by atoms with Crippen LogP contribution in [0.4, 0.5) is 0 Å². The Morgan fingerprint density at radius 2 is 1.65 bits per heavy atom. The minimum absolute atomic E-state index is 0.0283. The predicted octanol–water partition coefficient (Wildman–Crippen LogP) is 0.331. The van der Waals surface area contributed by atoms with Crippen molar-refractivity contribution in [3.8, 4) is 11.5 Å². The lowest BCUT2D eigenvalue weighted by molar-refractivity contribution is -0.138. The van der Waals surface area contributed by atoms with E-state index in [0.717, 1.165) is 0 Å². The summed E-state index contributed by atoms with van der Waals surface area (Å²) in [5.41, 5.74) is 0.652. The number of amides is 2. The fourth-order valence-corrected chi connectivity index (χ4v) is 2.24. The Balaban J connectivity index is 1.92. The molecule has 1 aromatic carbocycles. The van der Waals surface area contributed by atoms with Crippen LogP contribution in [0.1, 0.15) is 12.5 Å². The number of benzene rings is 1. The molecule has 6 heteroatoms. The van der Waals surface area contributed by atoms with Crippen molar-refractivity contribution in [2.24, 2.45) is 0 Å². The van der Waals surface area contributed by atoms with Crippen molar-refractivity contribution in [2.75, 3.05) is 26.2 Å². The summed E-state index contributed by atoms with van der Waals surface area (Å²) in [6.07, 6.45) is 0.175. The van der Waals surface area contributed by atoms with Gasteiger partial charge in [-0.1, -0.05) is 6.07 Å². The molecule has 6 nitrogen and oxygen atoms in total. The van der Waals surface area contributed by atoms with Gasteiger partial charge in [0.25, 0.3) is 0 Å². The lowest BCUT2D eigenvalue weighted by Gasteiger charge is -2.34. The molecule has 2 N–H and O–H groups in total. The summed E-state index contributed by atoms with van der Waals surface area (Å²) >= 11 is 0. The summed E-state index contributed by atoms with van der Waals surface area (Å²) in [6, 6.07) is 4.36. The summed E-state index contributed by atoms with van der Waals surface area (Å²) in [6.45, 7) is 3.70. The maximum Gasteiger partial charge on any atom is 0.227 e. The van der Waals surface area contributed by atoms with E-state index in [1.54, 1.807) is 15.9 Å². The molecule has 0 unspecified atom stereocenters. The lowest BCUT2D eigenvalue weighted by Crippen LogP contribution is -2.50. The van der Waals surface area contributed by atoms with Gasteiger partial charge in [-0.15, -0.1) is 0 Å². The number of hydrogen-bond donors (Lipinski definition) is 2. The molecule has 0 radical (unpaired) electrons. The topological polar surface area (TPSA) is 81.1 Å². The van der Waals surface area contributed by atoms with Gasteiger partial charge < -0.3 is 20.0 Å². The van der Waals surface area contributed by atoms with Gasteiger partial charge in [-0.05, 0) is 17.7 Å². The number of phenolic OH excluding ortho intramolecular Hbond substituents is 2. The Labute approximate surface area is 117 Å². The zero-order valence-electron chi connectivity index (χ0n) is 11.4. The molecular weight excluding hydrogens is 260 g/mol. The second kappa shape index (κ2) is 5.81. The van der Waals surface area contributed by atoms with Crippen LogP contribution >= 0.6 is 0 Å². The van der Waals surface area contributed by atoms with Gasteiger partial charge >= 0.3 is 0 Å². The first kappa shape index (κ1) is 14.2. The van der Waals surface area contributed by atoms with Crippen molar-refractivity contribution in [2.45, 2.75) is 13.3 Å². The molecule has 2 amide bonds. The summed E-state index contributed by atoms with van der Waals surface area (Å²) in [7, 11) is 0. The van der Waals surface area contributed by atoms with Gasteiger partial charge in [0, 0.05) is 33.1 Å². The van der Waals surface area contributed by atoms with E-state index in [4.69, 9.17) is 0 Å². The largest absolute Gasteiger partial charge is 0.504 e. The molecule has 0 aliphatic carbocycles. The van der Waals surface area contributed by atoms with E-state index >= 15 is 0 Å². The highest BCUT2D eigenvalue weighted by atomic mass is 16.3. The summed E-state index contributed by atoms with van der Waals surface area (Å²) in [5, 5.41) is 18.6. The highest BCUT2D eigenvalue weighted by molar-refractivity contribution is 5.79. The van der Waals surface area contributed by atoms with E-state index < -0.39 is 0 Å². The van der Waals surface area contributed by atoms with Gasteiger partial charge in [-0.25, -0.2) is 0 Å². The molecule has 0 atom stereocenters. The summed E-state index contributed by atoms with van der Waals surface area (Å²) < 4.78 is 0. The van der Waals surface area contributed by atoms with Gasteiger partial charge in [0.2, 0.25) is 11.8 Å². The Kier molecular flexibility index (Phi) is 4.12. The van der Waals surface area contributed by atoms with E-state index in [-0.39, 0.29) is 29.7 Å². The molecule has 1 heterocycles. The maximum absolute atomic E-state index is 12.1. The van der Waals surface area contributed by atoms with Crippen molar-refractivity contribution in [1.82, 2.24) is 9.80 Å². The monoisotopic (exact) mass is 278 g/mol. The Morgan fingerprint density at radius 1 is 1.05 bits per heavy atom. The van der Waals surface area contributed by atoms with Gasteiger partial charge in [0.1, 0.15) is 0 Å². The molecule has 108 valence electrons. The second-order valence-corrected chi connectivity index (χ2v) is 4.89. The summed E-state index contributed by atoms with van der Waals surface area (Å²) in [5.74, 6) is -0.438. The second-order valence-electron chi connectivity index (χ2n) is 4.89.